The molecule has 0 bridgehead atoms. The molecule has 3 aromatic rings. The van der Waals surface area contributed by atoms with Crippen molar-refractivity contribution < 1.29 is 4.79 Å². The number of hydrogen-bond donors (Lipinski definition) is 0. The lowest BCUT2D eigenvalue weighted by atomic mass is 10.1. The highest BCUT2D eigenvalue weighted by Gasteiger charge is 2.24. The molecule has 6 heteroatoms. The fraction of sp³-hybridized carbons (Fsp3) is 0.429. The number of nitrogens with zero attached hydrogens (tertiary/aromatic N) is 4. The lowest BCUT2D eigenvalue weighted by molar-refractivity contribution is 0.0641. The molecule has 1 amide bonds. The Bertz CT molecular complexity index is 888. The standard InChI is InChI=1S/C21H26N4OS/c1-16-18-15-19(27-21(18)23(2)22-16)20(26)25-13-11-24(12-14-25)10-6-9-17-7-4-3-5-8-17/h3-5,7-8,15H,6,9-14H2,1-2H3. The Kier molecular flexibility index (Phi) is 5.27. The molecule has 1 fully saturated rings. The molecule has 1 aliphatic rings. The third-order valence-corrected chi connectivity index (χ3v) is 6.54. The first kappa shape index (κ1) is 18.2. The Morgan fingerprint density at radius 3 is 2.59 bits per heavy atom. The van der Waals surface area contributed by atoms with Crippen LogP contribution in [0.4, 0.5) is 0 Å². The molecule has 1 aromatic carbocycles. The summed E-state index contributed by atoms with van der Waals surface area (Å²) in [4.78, 5) is 19.3. The third kappa shape index (κ3) is 3.92. The number of carbonyl (C=O) groups is 1. The van der Waals surface area contributed by atoms with E-state index in [0.29, 0.717) is 0 Å². The van der Waals surface area contributed by atoms with Gasteiger partial charge in [-0.3, -0.25) is 14.4 Å². The summed E-state index contributed by atoms with van der Waals surface area (Å²) in [6.07, 6.45) is 2.29. The van der Waals surface area contributed by atoms with Crippen LogP contribution in [0.15, 0.2) is 36.4 Å². The minimum Gasteiger partial charge on any atom is -0.335 e. The topological polar surface area (TPSA) is 41.4 Å². The summed E-state index contributed by atoms with van der Waals surface area (Å²) in [6.45, 7) is 6.66. The average molecular weight is 383 g/mol. The van der Waals surface area contributed by atoms with Crippen molar-refractivity contribution in [2.75, 3.05) is 32.7 Å². The molecule has 2 aromatic heterocycles. The van der Waals surface area contributed by atoms with Crippen LogP contribution in [0.1, 0.15) is 27.3 Å². The molecule has 4 rings (SSSR count). The number of aryl methyl sites for hydroxylation is 3. The Morgan fingerprint density at radius 2 is 1.89 bits per heavy atom. The van der Waals surface area contributed by atoms with E-state index in [1.54, 1.807) is 11.3 Å². The van der Waals surface area contributed by atoms with Crippen LogP contribution in [0, 0.1) is 6.92 Å². The van der Waals surface area contributed by atoms with E-state index in [4.69, 9.17) is 0 Å². The molecular weight excluding hydrogens is 356 g/mol. The van der Waals surface area contributed by atoms with Crippen molar-refractivity contribution in [1.82, 2.24) is 19.6 Å². The van der Waals surface area contributed by atoms with Crippen LogP contribution in [0.3, 0.4) is 0 Å². The monoisotopic (exact) mass is 382 g/mol. The maximum absolute atomic E-state index is 12.9. The zero-order valence-electron chi connectivity index (χ0n) is 16.0. The normalized spacial score (nSPS) is 15.6. The summed E-state index contributed by atoms with van der Waals surface area (Å²) >= 11 is 1.55. The first-order chi connectivity index (χ1) is 13.1. The summed E-state index contributed by atoms with van der Waals surface area (Å²) in [7, 11) is 1.94. The number of aromatic nitrogens is 2. The Labute approximate surface area is 164 Å². The average Bonchev–Trinajstić information content (AvgIpc) is 3.24. The zero-order chi connectivity index (χ0) is 18.8. The highest BCUT2D eigenvalue weighted by atomic mass is 32.1. The molecule has 27 heavy (non-hydrogen) atoms. The van der Waals surface area contributed by atoms with Crippen molar-refractivity contribution in [3.8, 4) is 0 Å². The second-order valence-electron chi connectivity index (χ2n) is 7.26. The van der Waals surface area contributed by atoms with Crippen LogP contribution >= 0.6 is 11.3 Å². The minimum absolute atomic E-state index is 0.166. The molecule has 0 radical (unpaired) electrons. The predicted molar refractivity (Wildman–Crippen MR) is 110 cm³/mol. The summed E-state index contributed by atoms with van der Waals surface area (Å²) in [6, 6.07) is 12.7. The lowest BCUT2D eigenvalue weighted by Gasteiger charge is -2.34. The number of hydrogen-bond acceptors (Lipinski definition) is 4. The van der Waals surface area contributed by atoms with E-state index in [1.165, 1.54) is 12.0 Å². The molecule has 0 saturated carbocycles. The fourth-order valence-corrected chi connectivity index (χ4v) is 4.88. The first-order valence-corrected chi connectivity index (χ1v) is 10.4. The minimum atomic E-state index is 0.166. The van der Waals surface area contributed by atoms with Crippen molar-refractivity contribution in [2.45, 2.75) is 19.8 Å². The van der Waals surface area contributed by atoms with Crippen molar-refractivity contribution in [1.29, 1.82) is 0 Å². The predicted octanol–water partition coefficient (Wildman–Crippen LogP) is 3.33. The highest BCUT2D eigenvalue weighted by Crippen LogP contribution is 2.28. The van der Waals surface area contributed by atoms with E-state index >= 15 is 0 Å². The van der Waals surface area contributed by atoms with E-state index in [9.17, 15) is 4.79 Å². The number of fused-ring (bicyclic) bond motifs is 1. The van der Waals surface area contributed by atoms with Gasteiger partial charge in [-0.1, -0.05) is 30.3 Å². The van der Waals surface area contributed by atoms with Gasteiger partial charge in [-0.25, -0.2) is 0 Å². The highest BCUT2D eigenvalue weighted by molar-refractivity contribution is 7.20. The molecule has 0 N–H and O–H groups in total. The van der Waals surface area contributed by atoms with Crippen LogP contribution < -0.4 is 0 Å². The molecule has 0 atom stereocenters. The second kappa shape index (κ2) is 7.82. The quantitative estimate of drug-likeness (QED) is 0.680. The number of rotatable bonds is 5. The van der Waals surface area contributed by atoms with Crippen molar-refractivity contribution in [3.05, 3.63) is 52.5 Å². The van der Waals surface area contributed by atoms with Crippen LogP contribution in [0.2, 0.25) is 0 Å². The van der Waals surface area contributed by atoms with Gasteiger partial charge in [0.1, 0.15) is 4.83 Å². The van der Waals surface area contributed by atoms with E-state index in [2.05, 4.69) is 40.3 Å². The van der Waals surface area contributed by atoms with Gasteiger partial charge in [-0.05, 0) is 37.9 Å². The number of benzene rings is 1. The Morgan fingerprint density at radius 1 is 1.15 bits per heavy atom. The number of carbonyl (C=O) groups excluding carboxylic acids is 1. The number of amides is 1. The molecule has 0 aliphatic carbocycles. The maximum Gasteiger partial charge on any atom is 0.264 e. The van der Waals surface area contributed by atoms with Gasteiger partial charge in [0.25, 0.3) is 5.91 Å². The third-order valence-electron chi connectivity index (χ3n) is 5.35. The Balaban J connectivity index is 1.29. The van der Waals surface area contributed by atoms with Gasteiger partial charge in [-0.2, -0.15) is 5.10 Å². The molecular formula is C21H26N4OS. The van der Waals surface area contributed by atoms with Crippen LogP contribution in [-0.4, -0.2) is 58.2 Å². The van der Waals surface area contributed by atoms with Crippen LogP contribution in [0.5, 0.6) is 0 Å². The first-order valence-electron chi connectivity index (χ1n) is 9.60. The number of thiophene rings is 1. The van der Waals surface area contributed by atoms with Gasteiger partial charge in [-0.15, -0.1) is 11.3 Å². The van der Waals surface area contributed by atoms with E-state index in [0.717, 1.165) is 59.9 Å². The zero-order valence-corrected chi connectivity index (χ0v) is 16.8. The van der Waals surface area contributed by atoms with Gasteiger partial charge >= 0.3 is 0 Å². The molecule has 0 spiro atoms. The van der Waals surface area contributed by atoms with Gasteiger partial charge in [0.05, 0.1) is 10.6 Å². The van der Waals surface area contributed by atoms with Gasteiger partial charge in [0.2, 0.25) is 0 Å². The number of piperazine rings is 1. The summed E-state index contributed by atoms with van der Waals surface area (Å²) in [5.74, 6) is 0.166. The summed E-state index contributed by atoms with van der Waals surface area (Å²) in [5.41, 5.74) is 2.40. The van der Waals surface area contributed by atoms with E-state index < -0.39 is 0 Å². The largest absolute Gasteiger partial charge is 0.335 e. The lowest BCUT2D eigenvalue weighted by Crippen LogP contribution is -2.48. The molecule has 1 aliphatic heterocycles. The van der Waals surface area contributed by atoms with Crippen molar-refractivity contribution in [2.24, 2.45) is 7.05 Å². The van der Waals surface area contributed by atoms with E-state index in [-0.39, 0.29) is 5.91 Å². The maximum atomic E-state index is 12.9. The molecule has 5 nitrogen and oxygen atoms in total. The summed E-state index contributed by atoms with van der Waals surface area (Å²) < 4.78 is 1.87. The molecule has 0 unspecified atom stereocenters. The SMILES string of the molecule is Cc1nn(C)c2sc(C(=O)N3CCN(CCCc4ccccc4)CC3)cc12. The fourth-order valence-electron chi connectivity index (χ4n) is 3.79. The van der Waals surface area contributed by atoms with E-state index in [1.807, 2.05) is 29.6 Å². The van der Waals surface area contributed by atoms with Crippen LogP contribution in [-0.2, 0) is 13.5 Å². The molecule has 142 valence electrons. The van der Waals surface area contributed by atoms with Crippen molar-refractivity contribution in [3.63, 3.8) is 0 Å². The molecule has 1 saturated heterocycles. The van der Waals surface area contributed by atoms with Gasteiger partial charge < -0.3 is 4.90 Å². The molecule has 3 heterocycles. The van der Waals surface area contributed by atoms with Gasteiger partial charge in [0.15, 0.2) is 0 Å². The Hall–Kier alpha value is -2.18. The smallest absolute Gasteiger partial charge is 0.264 e. The van der Waals surface area contributed by atoms with Crippen LogP contribution in [0.25, 0.3) is 10.2 Å². The van der Waals surface area contributed by atoms with Gasteiger partial charge in [0, 0.05) is 38.6 Å². The second-order valence-corrected chi connectivity index (χ2v) is 8.29. The van der Waals surface area contributed by atoms with Crippen molar-refractivity contribution >= 4 is 27.5 Å². The summed E-state index contributed by atoms with van der Waals surface area (Å²) in [5, 5.41) is 5.52.